The summed E-state index contributed by atoms with van der Waals surface area (Å²) >= 11 is 0. The lowest BCUT2D eigenvalue weighted by Crippen LogP contribution is -2.22. The lowest BCUT2D eigenvalue weighted by atomic mass is 10.1. The Kier molecular flexibility index (Phi) is 5.36. The van der Waals surface area contributed by atoms with Crippen molar-refractivity contribution in [1.82, 2.24) is 20.4 Å². The summed E-state index contributed by atoms with van der Waals surface area (Å²) in [5.41, 5.74) is 0.338. The second-order valence-electron chi connectivity index (χ2n) is 5.64. The van der Waals surface area contributed by atoms with Gasteiger partial charge in [0.05, 0.1) is 0 Å². The Balaban J connectivity index is 1.73. The van der Waals surface area contributed by atoms with Crippen LogP contribution in [0.5, 0.6) is 0 Å². The highest BCUT2D eigenvalue weighted by molar-refractivity contribution is 5.58. The van der Waals surface area contributed by atoms with Crippen molar-refractivity contribution in [2.75, 3.05) is 6.54 Å². The van der Waals surface area contributed by atoms with Gasteiger partial charge in [-0.25, -0.2) is 4.39 Å². The van der Waals surface area contributed by atoms with Crippen molar-refractivity contribution in [2.24, 2.45) is 0 Å². The van der Waals surface area contributed by atoms with Gasteiger partial charge in [-0.1, -0.05) is 23.4 Å². The van der Waals surface area contributed by atoms with Crippen LogP contribution in [0.3, 0.4) is 0 Å². The van der Waals surface area contributed by atoms with Crippen LogP contribution in [0, 0.1) is 5.82 Å². The maximum Gasteiger partial charge on any atom is 0.471 e. The van der Waals surface area contributed by atoms with E-state index < -0.39 is 17.6 Å². The average molecular weight is 382 g/mol. The molecule has 0 unspecified atom stereocenters. The zero-order valence-corrected chi connectivity index (χ0v) is 13.8. The highest BCUT2D eigenvalue weighted by Crippen LogP contribution is 2.29. The molecule has 3 aromatic rings. The van der Waals surface area contributed by atoms with Crippen molar-refractivity contribution < 1.29 is 22.1 Å². The Morgan fingerprint density at radius 3 is 2.67 bits per heavy atom. The Labute approximate surface area is 150 Å². The van der Waals surface area contributed by atoms with Crippen LogP contribution in [0.2, 0.25) is 0 Å². The minimum Gasteiger partial charge on any atom is -0.329 e. The van der Waals surface area contributed by atoms with Crippen LogP contribution in [0.4, 0.5) is 17.6 Å². The summed E-state index contributed by atoms with van der Waals surface area (Å²) in [7, 11) is 0. The number of benzene rings is 1. The number of pyridine rings is 1. The molecule has 10 heteroatoms. The molecule has 142 valence electrons. The number of halogens is 4. The molecule has 1 aromatic carbocycles. The van der Waals surface area contributed by atoms with Crippen LogP contribution >= 0.6 is 0 Å². The van der Waals surface area contributed by atoms with Crippen LogP contribution in [-0.4, -0.2) is 21.7 Å². The van der Waals surface area contributed by atoms with Crippen LogP contribution in [-0.2, 0) is 19.1 Å². The number of nitrogens with zero attached hydrogens (tertiary/aromatic N) is 2. The van der Waals surface area contributed by atoms with Gasteiger partial charge >= 0.3 is 12.1 Å². The van der Waals surface area contributed by atoms with Gasteiger partial charge in [0.15, 0.2) is 0 Å². The Hall–Kier alpha value is -3.01. The first-order valence-corrected chi connectivity index (χ1v) is 7.92. The molecule has 0 radical (unpaired) electrons. The molecule has 0 saturated heterocycles. The normalized spacial score (nSPS) is 11.7. The van der Waals surface area contributed by atoms with E-state index in [9.17, 15) is 22.4 Å². The number of aromatic amines is 1. The molecule has 3 rings (SSSR count). The lowest BCUT2D eigenvalue weighted by Gasteiger charge is -2.08. The van der Waals surface area contributed by atoms with Crippen LogP contribution in [0.15, 0.2) is 45.8 Å². The zero-order chi connectivity index (χ0) is 19.4. The van der Waals surface area contributed by atoms with E-state index in [1.54, 1.807) is 18.2 Å². The third-order valence-corrected chi connectivity index (χ3v) is 3.80. The molecule has 0 aliphatic heterocycles. The van der Waals surface area contributed by atoms with Gasteiger partial charge < -0.3 is 14.8 Å². The van der Waals surface area contributed by atoms with E-state index in [2.05, 4.69) is 25.0 Å². The smallest absolute Gasteiger partial charge is 0.329 e. The first kappa shape index (κ1) is 18.8. The molecule has 0 bridgehead atoms. The quantitative estimate of drug-likeness (QED) is 0.506. The molecule has 0 aliphatic carbocycles. The molecular weight excluding hydrogens is 368 g/mol. The molecular formula is C17H14F4N4O2. The Bertz CT molecular complexity index is 981. The molecule has 0 aliphatic rings. The van der Waals surface area contributed by atoms with Crippen molar-refractivity contribution in [3.63, 3.8) is 0 Å². The van der Waals surface area contributed by atoms with Crippen LogP contribution < -0.4 is 10.9 Å². The molecule has 0 atom stereocenters. The fourth-order valence-corrected chi connectivity index (χ4v) is 2.49. The SMILES string of the molecule is O=c1[nH]ccc(-c2noc(C(F)(F)F)n2)c1CCNCc1ccccc1F. The lowest BCUT2D eigenvalue weighted by molar-refractivity contribution is -0.159. The second-order valence-corrected chi connectivity index (χ2v) is 5.64. The Morgan fingerprint density at radius 2 is 1.96 bits per heavy atom. The number of nitrogens with one attached hydrogen (secondary N) is 2. The number of alkyl halides is 3. The Morgan fingerprint density at radius 1 is 1.19 bits per heavy atom. The van der Waals surface area contributed by atoms with Crippen molar-refractivity contribution >= 4 is 0 Å². The largest absolute Gasteiger partial charge is 0.471 e. The maximum absolute atomic E-state index is 13.6. The van der Waals surface area contributed by atoms with Crippen LogP contribution in [0.1, 0.15) is 17.0 Å². The van der Waals surface area contributed by atoms with Gasteiger partial charge in [-0.05, 0) is 25.1 Å². The zero-order valence-electron chi connectivity index (χ0n) is 13.8. The van der Waals surface area contributed by atoms with E-state index in [1.165, 1.54) is 18.3 Å². The highest BCUT2D eigenvalue weighted by atomic mass is 19.4. The first-order valence-electron chi connectivity index (χ1n) is 7.92. The number of aromatic nitrogens is 3. The summed E-state index contributed by atoms with van der Waals surface area (Å²) in [6.45, 7) is 0.533. The molecule has 0 spiro atoms. The predicted molar refractivity (Wildman–Crippen MR) is 87.2 cm³/mol. The molecule has 0 fully saturated rings. The van der Waals surface area contributed by atoms with Gasteiger partial charge in [0.25, 0.3) is 5.56 Å². The summed E-state index contributed by atoms with van der Waals surface area (Å²) in [6, 6.07) is 7.65. The van der Waals surface area contributed by atoms with E-state index in [0.29, 0.717) is 12.1 Å². The summed E-state index contributed by atoms with van der Waals surface area (Å²) in [5, 5.41) is 6.30. The molecule has 27 heavy (non-hydrogen) atoms. The van der Waals surface area contributed by atoms with Gasteiger partial charge in [-0.15, -0.1) is 0 Å². The third kappa shape index (κ3) is 4.40. The standard InChI is InChI=1S/C17H14F4N4O2/c18-13-4-2-1-3-10(13)9-22-7-5-12-11(6-8-23-15(12)26)14-24-16(27-25-14)17(19,20)21/h1-4,6,8,22H,5,7,9H2,(H,23,26). The third-order valence-electron chi connectivity index (χ3n) is 3.80. The monoisotopic (exact) mass is 382 g/mol. The molecule has 6 nitrogen and oxygen atoms in total. The van der Waals surface area contributed by atoms with E-state index in [4.69, 9.17) is 0 Å². The van der Waals surface area contributed by atoms with Crippen molar-refractivity contribution in [3.8, 4) is 11.4 Å². The summed E-state index contributed by atoms with van der Waals surface area (Å²) < 4.78 is 55.7. The minimum atomic E-state index is -4.77. The molecule has 0 amide bonds. The summed E-state index contributed by atoms with van der Waals surface area (Å²) in [5.74, 6) is -2.16. The van der Waals surface area contributed by atoms with Crippen molar-refractivity contribution in [3.05, 3.63) is 69.7 Å². The fourth-order valence-electron chi connectivity index (χ4n) is 2.49. The molecule has 2 heterocycles. The van der Waals surface area contributed by atoms with E-state index >= 15 is 0 Å². The van der Waals surface area contributed by atoms with Gasteiger partial charge in [0.1, 0.15) is 5.82 Å². The van der Waals surface area contributed by atoms with Crippen LogP contribution in [0.25, 0.3) is 11.4 Å². The van der Waals surface area contributed by atoms with Crippen molar-refractivity contribution in [2.45, 2.75) is 19.1 Å². The van der Waals surface area contributed by atoms with Gasteiger partial charge in [0, 0.05) is 29.4 Å². The topological polar surface area (TPSA) is 83.8 Å². The minimum absolute atomic E-state index is 0.144. The van der Waals surface area contributed by atoms with Gasteiger partial charge in [0.2, 0.25) is 5.82 Å². The maximum atomic E-state index is 13.6. The van der Waals surface area contributed by atoms with E-state index in [-0.39, 0.29) is 35.7 Å². The van der Waals surface area contributed by atoms with Crippen molar-refractivity contribution in [1.29, 1.82) is 0 Å². The molecule has 0 saturated carbocycles. The fraction of sp³-hybridized carbons (Fsp3) is 0.235. The first-order chi connectivity index (χ1) is 12.9. The average Bonchev–Trinajstić information content (AvgIpc) is 3.11. The van der Waals surface area contributed by atoms with Gasteiger partial charge in [-0.3, -0.25) is 4.79 Å². The number of H-pyrrole nitrogens is 1. The number of hydrogen-bond acceptors (Lipinski definition) is 5. The predicted octanol–water partition coefficient (Wildman–Crippen LogP) is 2.92. The summed E-state index contributed by atoms with van der Waals surface area (Å²) in [4.78, 5) is 17.9. The highest BCUT2D eigenvalue weighted by Gasteiger charge is 2.38. The second kappa shape index (κ2) is 7.70. The molecule has 2 N–H and O–H groups in total. The van der Waals surface area contributed by atoms with E-state index in [0.717, 1.165) is 0 Å². The number of hydrogen-bond donors (Lipinski definition) is 2. The molecule has 2 aromatic heterocycles. The van der Waals surface area contributed by atoms with Gasteiger partial charge in [-0.2, -0.15) is 18.2 Å². The van der Waals surface area contributed by atoms with E-state index in [1.807, 2.05) is 0 Å². The number of rotatable bonds is 6. The summed E-state index contributed by atoms with van der Waals surface area (Å²) in [6.07, 6.45) is -3.30.